The molecule has 0 aliphatic carbocycles. The molecule has 2 nitrogen and oxygen atoms in total. The van der Waals surface area contributed by atoms with Crippen LogP contribution in [0.2, 0.25) is 0 Å². The van der Waals surface area contributed by atoms with Crippen LogP contribution in [-0.2, 0) is 10.9 Å². The third kappa shape index (κ3) is 3.25. The summed E-state index contributed by atoms with van der Waals surface area (Å²) >= 11 is 0. The third-order valence-electron chi connectivity index (χ3n) is 1.79. The molecule has 0 atom stereocenters. The summed E-state index contributed by atoms with van der Waals surface area (Å²) in [6, 6.07) is 3.93. The largest absolute Gasteiger partial charge is 0.459 e. The van der Waals surface area contributed by atoms with Gasteiger partial charge in [-0.1, -0.05) is 0 Å². The second kappa shape index (κ2) is 4.55. The van der Waals surface area contributed by atoms with E-state index < -0.39 is 17.7 Å². The molecule has 0 fully saturated rings. The Labute approximate surface area is 91.0 Å². The minimum Gasteiger partial charge on any atom is -0.459 e. The van der Waals surface area contributed by atoms with Gasteiger partial charge in [0.1, 0.15) is 0 Å². The Morgan fingerprint density at radius 2 is 1.69 bits per heavy atom. The maximum absolute atomic E-state index is 12.2. The molecule has 0 saturated heterocycles. The van der Waals surface area contributed by atoms with Gasteiger partial charge in [0, 0.05) is 0 Å². The van der Waals surface area contributed by atoms with Gasteiger partial charge in [-0.3, -0.25) is 0 Å². The monoisotopic (exact) mass is 232 g/mol. The Balaban J connectivity index is 2.83. The summed E-state index contributed by atoms with van der Waals surface area (Å²) < 4.78 is 41.5. The first-order valence-electron chi connectivity index (χ1n) is 4.69. The number of hydrogen-bond acceptors (Lipinski definition) is 2. The van der Waals surface area contributed by atoms with Crippen LogP contribution in [0.3, 0.4) is 0 Å². The number of rotatable bonds is 2. The van der Waals surface area contributed by atoms with Gasteiger partial charge in [-0.2, -0.15) is 13.2 Å². The van der Waals surface area contributed by atoms with E-state index in [2.05, 4.69) is 0 Å². The minimum absolute atomic E-state index is 0.113. The van der Waals surface area contributed by atoms with Crippen LogP contribution in [-0.4, -0.2) is 12.1 Å². The molecule has 0 bridgehead atoms. The van der Waals surface area contributed by atoms with E-state index in [1.54, 1.807) is 13.8 Å². The van der Waals surface area contributed by atoms with Crippen LogP contribution in [0.15, 0.2) is 24.3 Å². The Morgan fingerprint density at radius 3 is 2.06 bits per heavy atom. The normalized spacial score (nSPS) is 11.6. The Bertz CT molecular complexity index is 366. The van der Waals surface area contributed by atoms with Gasteiger partial charge < -0.3 is 4.74 Å². The first-order chi connectivity index (χ1) is 7.30. The highest BCUT2D eigenvalue weighted by Crippen LogP contribution is 2.29. The van der Waals surface area contributed by atoms with E-state index in [1.165, 1.54) is 0 Å². The summed E-state index contributed by atoms with van der Waals surface area (Å²) in [5.41, 5.74) is -0.671. The summed E-state index contributed by atoms with van der Waals surface area (Å²) in [6.45, 7) is 3.34. The fraction of sp³-hybridized carbons (Fsp3) is 0.364. The van der Waals surface area contributed by atoms with E-state index in [4.69, 9.17) is 4.74 Å². The highest BCUT2D eigenvalue weighted by atomic mass is 19.4. The molecule has 0 N–H and O–H groups in total. The first-order valence-corrected chi connectivity index (χ1v) is 4.69. The lowest BCUT2D eigenvalue weighted by atomic mass is 10.1. The first kappa shape index (κ1) is 12.5. The summed E-state index contributed by atoms with van der Waals surface area (Å²) in [5.74, 6) is -0.622. The van der Waals surface area contributed by atoms with Crippen LogP contribution in [0.4, 0.5) is 13.2 Å². The quantitative estimate of drug-likeness (QED) is 0.731. The maximum atomic E-state index is 12.2. The second-order valence-corrected chi connectivity index (χ2v) is 3.53. The van der Waals surface area contributed by atoms with Crippen LogP contribution in [0.1, 0.15) is 29.8 Å². The minimum atomic E-state index is -4.39. The van der Waals surface area contributed by atoms with Crippen molar-refractivity contribution in [2.45, 2.75) is 26.1 Å². The number of benzene rings is 1. The van der Waals surface area contributed by atoms with Crippen molar-refractivity contribution in [3.63, 3.8) is 0 Å². The molecule has 0 aromatic heterocycles. The van der Waals surface area contributed by atoms with Crippen molar-refractivity contribution in [3.05, 3.63) is 35.4 Å². The van der Waals surface area contributed by atoms with Crippen molar-refractivity contribution < 1.29 is 22.7 Å². The number of carbonyl (C=O) groups excluding carboxylic acids is 1. The van der Waals surface area contributed by atoms with E-state index in [1.807, 2.05) is 0 Å². The molecule has 0 heterocycles. The average molecular weight is 232 g/mol. The van der Waals surface area contributed by atoms with Crippen LogP contribution in [0.5, 0.6) is 0 Å². The zero-order chi connectivity index (χ0) is 12.3. The van der Waals surface area contributed by atoms with E-state index >= 15 is 0 Å². The van der Waals surface area contributed by atoms with Gasteiger partial charge in [0.25, 0.3) is 0 Å². The molecule has 0 spiro atoms. The van der Waals surface area contributed by atoms with Crippen molar-refractivity contribution in [2.75, 3.05) is 0 Å². The summed E-state index contributed by atoms with van der Waals surface area (Å²) in [6.07, 6.45) is -4.68. The van der Waals surface area contributed by atoms with Crippen LogP contribution in [0, 0.1) is 0 Å². The standard InChI is InChI=1S/C11H11F3O2/c1-7(2)16-10(15)8-3-5-9(6-4-8)11(12,13)14/h3-7H,1-2H3. The van der Waals surface area contributed by atoms with E-state index in [0.717, 1.165) is 24.3 Å². The third-order valence-corrected chi connectivity index (χ3v) is 1.79. The molecule has 16 heavy (non-hydrogen) atoms. The molecule has 0 aliphatic rings. The number of carbonyl (C=O) groups is 1. The number of ether oxygens (including phenoxy) is 1. The molecule has 0 unspecified atom stereocenters. The molecule has 0 aliphatic heterocycles. The molecule has 1 aromatic carbocycles. The molecule has 1 aromatic rings. The molecule has 88 valence electrons. The lowest BCUT2D eigenvalue weighted by Crippen LogP contribution is -2.12. The maximum Gasteiger partial charge on any atom is 0.416 e. The van der Waals surface area contributed by atoms with Crippen molar-refractivity contribution in [3.8, 4) is 0 Å². The van der Waals surface area contributed by atoms with Crippen LogP contribution >= 0.6 is 0 Å². The summed E-state index contributed by atoms with van der Waals surface area (Å²) in [7, 11) is 0. The van der Waals surface area contributed by atoms with Crippen molar-refractivity contribution >= 4 is 5.97 Å². The van der Waals surface area contributed by atoms with Gasteiger partial charge >= 0.3 is 12.1 Å². The zero-order valence-electron chi connectivity index (χ0n) is 8.84. The Morgan fingerprint density at radius 1 is 1.19 bits per heavy atom. The smallest absolute Gasteiger partial charge is 0.416 e. The fourth-order valence-corrected chi connectivity index (χ4v) is 1.08. The Hall–Kier alpha value is -1.52. The van der Waals surface area contributed by atoms with Gasteiger partial charge in [0.15, 0.2) is 0 Å². The molecule has 0 radical (unpaired) electrons. The fourth-order valence-electron chi connectivity index (χ4n) is 1.08. The predicted octanol–water partition coefficient (Wildman–Crippen LogP) is 3.27. The number of esters is 1. The molecular weight excluding hydrogens is 221 g/mol. The molecule has 0 saturated carbocycles. The second-order valence-electron chi connectivity index (χ2n) is 3.53. The van der Waals surface area contributed by atoms with Crippen molar-refractivity contribution in [1.29, 1.82) is 0 Å². The SMILES string of the molecule is CC(C)OC(=O)c1ccc(C(F)(F)F)cc1. The van der Waals surface area contributed by atoms with Crippen LogP contribution in [0.25, 0.3) is 0 Å². The molecular formula is C11H11F3O2. The van der Waals surface area contributed by atoms with Gasteiger partial charge in [-0.05, 0) is 38.1 Å². The van der Waals surface area contributed by atoms with Crippen molar-refractivity contribution in [1.82, 2.24) is 0 Å². The Kier molecular flexibility index (Phi) is 3.57. The number of alkyl halides is 3. The van der Waals surface area contributed by atoms with Gasteiger partial charge in [-0.15, -0.1) is 0 Å². The van der Waals surface area contributed by atoms with E-state index in [9.17, 15) is 18.0 Å². The lowest BCUT2D eigenvalue weighted by molar-refractivity contribution is -0.137. The van der Waals surface area contributed by atoms with Gasteiger partial charge in [0.05, 0.1) is 17.2 Å². The number of hydrogen-bond donors (Lipinski definition) is 0. The number of halogens is 3. The zero-order valence-corrected chi connectivity index (χ0v) is 8.84. The summed E-state index contributed by atoms with van der Waals surface area (Å²) in [5, 5.41) is 0. The summed E-state index contributed by atoms with van der Waals surface area (Å²) in [4.78, 5) is 11.3. The molecule has 1 rings (SSSR count). The highest BCUT2D eigenvalue weighted by Gasteiger charge is 2.30. The molecule has 0 amide bonds. The molecule has 5 heteroatoms. The highest BCUT2D eigenvalue weighted by molar-refractivity contribution is 5.89. The average Bonchev–Trinajstić information content (AvgIpc) is 2.15. The van der Waals surface area contributed by atoms with Crippen LogP contribution < -0.4 is 0 Å². The van der Waals surface area contributed by atoms with E-state index in [0.29, 0.717) is 0 Å². The van der Waals surface area contributed by atoms with E-state index in [-0.39, 0.29) is 11.7 Å². The topological polar surface area (TPSA) is 26.3 Å². The van der Waals surface area contributed by atoms with Gasteiger partial charge in [0.2, 0.25) is 0 Å². The van der Waals surface area contributed by atoms with Crippen molar-refractivity contribution in [2.24, 2.45) is 0 Å². The van der Waals surface area contributed by atoms with Gasteiger partial charge in [-0.25, -0.2) is 4.79 Å². The lowest BCUT2D eigenvalue weighted by Gasteiger charge is -2.09. The predicted molar refractivity (Wildman–Crippen MR) is 52.0 cm³/mol.